The van der Waals surface area contributed by atoms with Crippen molar-refractivity contribution in [1.29, 1.82) is 0 Å². The predicted molar refractivity (Wildman–Crippen MR) is 101 cm³/mol. The minimum Gasteiger partial charge on any atom is -0.475 e. The highest BCUT2D eigenvalue weighted by Gasteiger charge is 2.35. The first-order chi connectivity index (χ1) is 12.9. The summed E-state index contributed by atoms with van der Waals surface area (Å²) in [5.41, 5.74) is 1.63. The standard InChI is InChI=1S/C19H24N2O5S/c22-19(23)18-12-15-11-14(3-4-17(15)26-18)13-20-9-5-16(6-10-20)27(24,25)21-7-1-2-8-21/h3-4,11-12,16H,1-2,5-10,13H2,(H,22,23). The second-order valence-electron chi connectivity index (χ2n) is 7.41. The van der Waals surface area contributed by atoms with Gasteiger partial charge in [-0.15, -0.1) is 0 Å². The van der Waals surface area contributed by atoms with Crippen LogP contribution in [0.3, 0.4) is 0 Å². The molecule has 0 aliphatic carbocycles. The predicted octanol–water partition coefficient (Wildman–Crippen LogP) is 2.52. The van der Waals surface area contributed by atoms with Gasteiger partial charge < -0.3 is 9.52 Å². The van der Waals surface area contributed by atoms with Crippen LogP contribution in [0.4, 0.5) is 0 Å². The molecule has 0 saturated carbocycles. The largest absolute Gasteiger partial charge is 0.475 e. The number of sulfonamides is 1. The lowest BCUT2D eigenvalue weighted by Gasteiger charge is -2.33. The van der Waals surface area contributed by atoms with Crippen molar-refractivity contribution in [3.63, 3.8) is 0 Å². The van der Waals surface area contributed by atoms with Gasteiger partial charge in [-0.1, -0.05) is 6.07 Å². The molecule has 2 fully saturated rings. The summed E-state index contributed by atoms with van der Waals surface area (Å²) in [6.45, 7) is 3.57. The number of carbonyl (C=O) groups is 1. The van der Waals surface area contributed by atoms with E-state index in [1.165, 1.54) is 6.07 Å². The molecule has 146 valence electrons. The average Bonchev–Trinajstić information content (AvgIpc) is 3.32. The van der Waals surface area contributed by atoms with Crippen LogP contribution in [-0.4, -0.2) is 60.1 Å². The van der Waals surface area contributed by atoms with Crippen molar-refractivity contribution < 1.29 is 22.7 Å². The van der Waals surface area contributed by atoms with E-state index < -0.39 is 16.0 Å². The fourth-order valence-corrected chi connectivity index (χ4v) is 6.07. The van der Waals surface area contributed by atoms with Crippen molar-refractivity contribution >= 4 is 27.0 Å². The Balaban J connectivity index is 1.39. The van der Waals surface area contributed by atoms with Crippen LogP contribution in [0.1, 0.15) is 41.8 Å². The SMILES string of the molecule is O=C(O)c1cc2cc(CN3CCC(S(=O)(=O)N4CCCC4)CC3)ccc2o1. The lowest BCUT2D eigenvalue weighted by molar-refractivity contribution is 0.0665. The summed E-state index contributed by atoms with van der Waals surface area (Å²) < 4.78 is 32.4. The van der Waals surface area contributed by atoms with Crippen LogP contribution in [0.5, 0.6) is 0 Å². The summed E-state index contributed by atoms with van der Waals surface area (Å²) >= 11 is 0. The summed E-state index contributed by atoms with van der Waals surface area (Å²) in [4.78, 5) is 13.3. The van der Waals surface area contributed by atoms with Gasteiger partial charge in [0.15, 0.2) is 0 Å². The summed E-state index contributed by atoms with van der Waals surface area (Å²) in [5.74, 6) is -1.14. The molecule has 0 spiro atoms. The van der Waals surface area contributed by atoms with Crippen molar-refractivity contribution in [2.75, 3.05) is 26.2 Å². The van der Waals surface area contributed by atoms with Crippen molar-refractivity contribution in [3.8, 4) is 0 Å². The maximum Gasteiger partial charge on any atom is 0.371 e. The molecule has 1 aromatic heterocycles. The molecule has 3 heterocycles. The lowest BCUT2D eigenvalue weighted by atomic mass is 10.1. The molecule has 7 nitrogen and oxygen atoms in total. The van der Waals surface area contributed by atoms with Crippen molar-refractivity contribution in [1.82, 2.24) is 9.21 Å². The Morgan fingerprint density at radius 3 is 2.48 bits per heavy atom. The molecular formula is C19H24N2O5S. The van der Waals surface area contributed by atoms with E-state index >= 15 is 0 Å². The molecule has 2 aliphatic heterocycles. The molecule has 8 heteroatoms. The molecule has 2 aliphatic rings. The Morgan fingerprint density at radius 1 is 1.11 bits per heavy atom. The van der Waals surface area contributed by atoms with Gasteiger partial charge in [0, 0.05) is 25.0 Å². The van der Waals surface area contributed by atoms with Crippen LogP contribution >= 0.6 is 0 Å². The van der Waals surface area contributed by atoms with Crippen LogP contribution in [0, 0.1) is 0 Å². The molecule has 27 heavy (non-hydrogen) atoms. The minimum absolute atomic E-state index is 0.0601. The van der Waals surface area contributed by atoms with E-state index in [1.807, 2.05) is 12.1 Å². The molecule has 1 aromatic carbocycles. The third-order valence-corrected chi connectivity index (χ3v) is 7.98. The number of carboxylic acids is 1. The topological polar surface area (TPSA) is 91.1 Å². The summed E-state index contributed by atoms with van der Waals surface area (Å²) in [6.07, 6.45) is 3.27. The highest BCUT2D eigenvalue weighted by Crippen LogP contribution is 2.26. The third-order valence-electron chi connectivity index (χ3n) is 5.58. The van der Waals surface area contributed by atoms with Gasteiger partial charge in [-0.3, -0.25) is 4.90 Å². The van der Waals surface area contributed by atoms with E-state index in [4.69, 9.17) is 9.52 Å². The number of likely N-dealkylation sites (tertiary alicyclic amines) is 1. The van der Waals surface area contributed by atoms with Gasteiger partial charge in [-0.05, 0) is 62.5 Å². The number of hydrogen-bond acceptors (Lipinski definition) is 5. The van der Waals surface area contributed by atoms with Crippen LogP contribution < -0.4 is 0 Å². The van der Waals surface area contributed by atoms with E-state index in [9.17, 15) is 13.2 Å². The highest BCUT2D eigenvalue weighted by atomic mass is 32.2. The van der Waals surface area contributed by atoms with Crippen molar-refractivity contribution in [2.24, 2.45) is 0 Å². The summed E-state index contributed by atoms with van der Waals surface area (Å²) in [6, 6.07) is 7.21. The van der Waals surface area contributed by atoms with Gasteiger partial charge in [0.25, 0.3) is 0 Å². The monoisotopic (exact) mass is 392 g/mol. The second kappa shape index (κ2) is 7.26. The van der Waals surface area contributed by atoms with Crippen LogP contribution in [0.2, 0.25) is 0 Å². The normalized spacial score (nSPS) is 20.4. The molecule has 0 unspecified atom stereocenters. The quantitative estimate of drug-likeness (QED) is 0.841. The number of fused-ring (bicyclic) bond motifs is 1. The minimum atomic E-state index is -3.15. The maximum absolute atomic E-state index is 12.7. The fraction of sp³-hybridized carbons (Fsp3) is 0.526. The van der Waals surface area contributed by atoms with Crippen LogP contribution in [0.25, 0.3) is 11.0 Å². The van der Waals surface area contributed by atoms with Gasteiger partial charge in [-0.25, -0.2) is 17.5 Å². The Labute approximate surface area is 158 Å². The fourth-order valence-electron chi connectivity index (χ4n) is 4.07. The van der Waals surface area contributed by atoms with Gasteiger partial charge in [0.2, 0.25) is 15.8 Å². The molecule has 0 amide bonds. The van der Waals surface area contributed by atoms with E-state index in [0.717, 1.165) is 43.4 Å². The third kappa shape index (κ3) is 3.74. The number of piperidine rings is 1. The lowest BCUT2D eigenvalue weighted by Crippen LogP contribution is -2.44. The van der Waals surface area contributed by atoms with E-state index in [2.05, 4.69) is 4.90 Å². The molecule has 0 radical (unpaired) electrons. The Morgan fingerprint density at radius 2 is 1.81 bits per heavy atom. The first-order valence-corrected chi connectivity index (χ1v) is 10.9. The first kappa shape index (κ1) is 18.5. The zero-order valence-electron chi connectivity index (χ0n) is 15.1. The molecule has 0 bridgehead atoms. The Bertz CT molecular complexity index is 938. The highest BCUT2D eigenvalue weighted by molar-refractivity contribution is 7.89. The molecule has 2 saturated heterocycles. The van der Waals surface area contributed by atoms with Gasteiger partial charge in [0.1, 0.15) is 5.58 Å². The zero-order valence-corrected chi connectivity index (χ0v) is 16.0. The molecule has 2 aromatic rings. The number of carboxylic acid groups (broad SMARTS) is 1. The molecular weight excluding hydrogens is 368 g/mol. The van der Waals surface area contributed by atoms with Gasteiger partial charge in [0.05, 0.1) is 5.25 Å². The Hall–Kier alpha value is -1.90. The first-order valence-electron chi connectivity index (χ1n) is 9.40. The van der Waals surface area contributed by atoms with Crippen LogP contribution in [-0.2, 0) is 16.6 Å². The van der Waals surface area contributed by atoms with E-state index in [1.54, 1.807) is 10.4 Å². The average molecular weight is 392 g/mol. The molecule has 4 rings (SSSR count). The molecule has 1 N–H and O–H groups in total. The Kier molecular flexibility index (Phi) is 4.96. The number of rotatable bonds is 5. The van der Waals surface area contributed by atoms with Crippen LogP contribution in [0.15, 0.2) is 28.7 Å². The number of hydrogen-bond donors (Lipinski definition) is 1. The summed E-state index contributed by atoms with van der Waals surface area (Å²) in [7, 11) is -3.15. The van der Waals surface area contributed by atoms with Crippen molar-refractivity contribution in [2.45, 2.75) is 37.5 Å². The number of furan rings is 1. The van der Waals surface area contributed by atoms with E-state index in [0.29, 0.717) is 31.5 Å². The number of aromatic carboxylic acids is 1. The second-order valence-corrected chi connectivity index (χ2v) is 9.63. The number of benzene rings is 1. The summed E-state index contributed by atoms with van der Waals surface area (Å²) in [5, 5.41) is 9.54. The number of nitrogens with zero attached hydrogens (tertiary/aromatic N) is 2. The van der Waals surface area contributed by atoms with Gasteiger partial charge >= 0.3 is 5.97 Å². The zero-order chi connectivity index (χ0) is 19.0. The van der Waals surface area contributed by atoms with Crippen molar-refractivity contribution in [3.05, 3.63) is 35.6 Å². The molecule has 0 atom stereocenters. The van der Waals surface area contributed by atoms with Gasteiger partial charge in [-0.2, -0.15) is 0 Å². The van der Waals surface area contributed by atoms with E-state index in [-0.39, 0.29) is 11.0 Å². The maximum atomic E-state index is 12.7. The smallest absolute Gasteiger partial charge is 0.371 e.